The van der Waals surface area contributed by atoms with Crippen LogP contribution in [-0.4, -0.2) is 16.5 Å². The molecular formula is C6H3F3INO2. The molecule has 0 atom stereocenters. The van der Waals surface area contributed by atoms with Gasteiger partial charge in [0.15, 0.2) is 11.5 Å². The minimum absolute atomic E-state index is 0.0550. The van der Waals surface area contributed by atoms with Crippen LogP contribution in [0.15, 0.2) is 12.3 Å². The Morgan fingerprint density at radius 3 is 2.62 bits per heavy atom. The number of hydrogen-bond donors (Lipinski definition) is 1. The molecule has 13 heavy (non-hydrogen) atoms. The van der Waals surface area contributed by atoms with E-state index in [0.29, 0.717) is 0 Å². The first-order valence-electron chi connectivity index (χ1n) is 2.99. The largest absolute Gasteiger partial charge is 0.573 e. The van der Waals surface area contributed by atoms with Gasteiger partial charge in [-0.25, -0.2) is 4.98 Å². The van der Waals surface area contributed by atoms with Crippen LogP contribution in [-0.2, 0) is 0 Å². The third-order valence-electron chi connectivity index (χ3n) is 1.07. The molecule has 1 aromatic rings. The van der Waals surface area contributed by atoms with E-state index in [1.165, 1.54) is 0 Å². The number of nitrogens with zero attached hydrogens (tertiary/aromatic N) is 1. The van der Waals surface area contributed by atoms with Crippen molar-refractivity contribution >= 4 is 22.6 Å². The molecule has 0 fully saturated rings. The average Bonchev–Trinajstić information content (AvgIpc) is 1.96. The summed E-state index contributed by atoms with van der Waals surface area (Å²) in [5, 5.41) is 9.07. The Morgan fingerprint density at radius 1 is 1.46 bits per heavy atom. The molecule has 0 saturated carbocycles. The summed E-state index contributed by atoms with van der Waals surface area (Å²) in [5.74, 6) is -1.26. The van der Waals surface area contributed by atoms with E-state index in [-0.39, 0.29) is 3.70 Å². The van der Waals surface area contributed by atoms with Crippen molar-refractivity contribution in [3.8, 4) is 11.5 Å². The highest BCUT2D eigenvalue weighted by Crippen LogP contribution is 2.33. The quantitative estimate of drug-likeness (QED) is 0.639. The maximum atomic E-state index is 11.7. The van der Waals surface area contributed by atoms with Crippen LogP contribution in [0, 0.1) is 3.70 Å². The zero-order valence-corrected chi connectivity index (χ0v) is 8.13. The highest BCUT2D eigenvalue weighted by molar-refractivity contribution is 14.1. The molecule has 0 spiro atoms. The Balaban J connectivity index is 2.96. The lowest BCUT2D eigenvalue weighted by atomic mass is 10.4. The monoisotopic (exact) mass is 305 g/mol. The molecule has 0 aliphatic heterocycles. The number of pyridine rings is 1. The molecule has 3 nitrogen and oxygen atoms in total. The first kappa shape index (κ1) is 10.4. The number of alkyl halides is 3. The van der Waals surface area contributed by atoms with E-state index in [0.717, 1.165) is 12.3 Å². The number of halogens is 4. The molecule has 0 aliphatic rings. The molecule has 1 heterocycles. The van der Waals surface area contributed by atoms with Gasteiger partial charge in [-0.15, -0.1) is 13.2 Å². The lowest BCUT2D eigenvalue weighted by Gasteiger charge is -2.09. The van der Waals surface area contributed by atoms with E-state index < -0.39 is 17.9 Å². The lowest BCUT2D eigenvalue weighted by molar-refractivity contribution is -0.275. The zero-order valence-electron chi connectivity index (χ0n) is 5.97. The maximum Gasteiger partial charge on any atom is 0.573 e. The molecule has 0 radical (unpaired) electrons. The highest BCUT2D eigenvalue weighted by atomic mass is 127. The van der Waals surface area contributed by atoms with Crippen molar-refractivity contribution in [2.75, 3.05) is 0 Å². The number of ether oxygens (including phenoxy) is 1. The minimum atomic E-state index is -4.80. The first-order valence-corrected chi connectivity index (χ1v) is 4.07. The Bertz CT molecular complexity index is 315. The number of aromatic hydroxyl groups is 1. The molecule has 0 saturated heterocycles. The molecule has 0 bridgehead atoms. The molecule has 0 amide bonds. The van der Waals surface area contributed by atoms with Crippen molar-refractivity contribution in [3.05, 3.63) is 16.0 Å². The summed E-state index contributed by atoms with van der Waals surface area (Å²) < 4.78 is 38.7. The molecule has 1 aromatic heterocycles. The van der Waals surface area contributed by atoms with Crippen molar-refractivity contribution in [3.63, 3.8) is 0 Å². The van der Waals surface area contributed by atoms with Gasteiger partial charge in [0.05, 0.1) is 0 Å². The minimum Gasteiger partial charge on any atom is -0.502 e. The van der Waals surface area contributed by atoms with Crippen LogP contribution in [0.3, 0.4) is 0 Å². The van der Waals surface area contributed by atoms with Gasteiger partial charge in [-0.2, -0.15) is 0 Å². The second-order valence-electron chi connectivity index (χ2n) is 2.00. The molecule has 0 aliphatic carbocycles. The van der Waals surface area contributed by atoms with Gasteiger partial charge in [-0.3, -0.25) is 0 Å². The molecule has 0 aromatic carbocycles. The molecule has 72 valence electrons. The number of rotatable bonds is 1. The van der Waals surface area contributed by atoms with E-state index in [1.54, 1.807) is 22.6 Å². The predicted molar refractivity (Wildman–Crippen MR) is 45.3 cm³/mol. The van der Waals surface area contributed by atoms with Gasteiger partial charge >= 0.3 is 6.36 Å². The van der Waals surface area contributed by atoms with Gasteiger partial charge in [-0.1, -0.05) is 0 Å². The summed E-state index contributed by atoms with van der Waals surface area (Å²) in [7, 11) is 0. The van der Waals surface area contributed by atoms with Crippen LogP contribution < -0.4 is 4.74 Å². The first-order chi connectivity index (χ1) is 5.90. The van der Waals surface area contributed by atoms with Crippen molar-refractivity contribution in [2.24, 2.45) is 0 Å². The third kappa shape index (κ3) is 2.90. The summed E-state index contributed by atoms with van der Waals surface area (Å²) >= 11 is 1.59. The van der Waals surface area contributed by atoms with E-state index in [4.69, 9.17) is 5.11 Å². The summed E-state index contributed by atoms with van der Waals surface area (Å²) in [5.41, 5.74) is 0. The zero-order chi connectivity index (χ0) is 10.1. The summed E-state index contributed by atoms with van der Waals surface area (Å²) in [4.78, 5) is 3.56. The third-order valence-corrected chi connectivity index (χ3v) is 1.86. The maximum absolute atomic E-state index is 11.7. The molecule has 1 rings (SSSR count). The second-order valence-corrected chi connectivity index (χ2v) is 3.02. The van der Waals surface area contributed by atoms with Crippen LogP contribution in [0.1, 0.15) is 0 Å². The van der Waals surface area contributed by atoms with Gasteiger partial charge in [-0.05, 0) is 22.6 Å². The SMILES string of the molecule is Oc1c(OC(F)(F)F)ccnc1I. The molecule has 0 unspecified atom stereocenters. The van der Waals surface area contributed by atoms with Crippen LogP contribution in [0.5, 0.6) is 11.5 Å². The van der Waals surface area contributed by atoms with Crippen molar-refractivity contribution in [1.29, 1.82) is 0 Å². The smallest absolute Gasteiger partial charge is 0.502 e. The predicted octanol–water partition coefficient (Wildman–Crippen LogP) is 2.29. The second kappa shape index (κ2) is 3.56. The fourth-order valence-electron chi connectivity index (χ4n) is 0.619. The standard InChI is InChI=1S/C6H3F3INO2/c7-6(8,9)13-3-1-2-11-5(10)4(3)12/h1-2,12H. The Morgan fingerprint density at radius 2 is 2.08 bits per heavy atom. The van der Waals surface area contributed by atoms with Crippen LogP contribution in [0.4, 0.5) is 13.2 Å². The van der Waals surface area contributed by atoms with Gasteiger partial charge < -0.3 is 9.84 Å². The van der Waals surface area contributed by atoms with E-state index in [1.807, 2.05) is 0 Å². The Hall–Kier alpha value is -0.730. The van der Waals surface area contributed by atoms with Crippen LogP contribution in [0.2, 0.25) is 0 Å². The molecule has 7 heteroatoms. The van der Waals surface area contributed by atoms with Crippen LogP contribution in [0.25, 0.3) is 0 Å². The summed E-state index contributed by atoms with van der Waals surface area (Å²) in [6, 6.07) is 0.936. The number of aromatic nitrogens is 1. The normalized spacial score (nSPS) is 11.4. The Labute approximate surface area is 84.7 Å². The molecular weight excluding hydrogens is 302 g/mol. The number of hydrogen-bond acceptors (Lipinski definition) is 3. The van der Waals surface area contributed by atoms with Gasteiger partial charge in [0.1, 0.15) is 3.70 Å². The van der Waals surface area contributed by atoms with Crippen molar-refractivity contribution in [1.82, 2.24) is 4.98 Å². The van der Waals surface area contributed by atoms with Gasteiger partial charge in [0.2, 0.25) is 0 Å². The average molecular weight is 305 g/mol. The van der Waals surface area contributed by atoms with Crippen molar-refractivity contribution in [2.45, 2.75) is 6.36 Å². The van der Waals surface area contributed by atoms with Crippen LogP contribution >= 0.6 is 22.6 Å². The van der Waals surface area contributed by atoms with Crippen molar-refractivity contribution < 1.29 is 23.0 Å². The van der Waals surface area contributed by atoms with E-state index in [2.05, 4.69) is 9.72 Å². The highest BCUT2D eigenvalue weighted by Gasteiger charge is 2.32. The van der Waals surface area contributed by atoms with E-state index in [9.17, 15) is 13.2 Å². The van der Waals surface area contributed by atoms with Gasteiger partial charge in [0.25, 0.3) is 0 Å². The van der Waals surface area contributed by atoms with E-state index >= 15 is 0 Å². The Kier molecular flexibility index (Phi) is 2.84. The van der Waals surface area contributed by atoms with Gasteiger partial charge in [0, 0.05) is 12.3 Å². The summed E-state index contributed by atoms with van der Waals surface area (Å²) in [6.45, 7) is 0. The fraction of sp³-hybridized carbons (Fsp3) is 0.167. The summed E-state index contributed by atoms with van der Waals surface area (Å²) in [6.07, 6.45) is -3.69. The molecule has 1 N–H and O–H groups in total. The fourth-order valence-corrected chi connectivity index (χ4v) is 1.05. The topological polar surface area (TPSA) is 42.4 Å². The lowest BCUT2D eigenvalue weighted by Crippen LogP contribution is -2.17.